The number of nitrogens with two attached hydrogens (primary N) is 2. The highest BCUT2D eigenvalue weighted by molar-refractivity contribution is 5.86. The van der Waals surface area contributed by atoms with Crippen LogP contribution in [0, 0.1) is 5.82 Å². The Kier molecular flexibility index (Phi) is 6.98. The third-order valence-electron chi connectivity index (χ3n) is 6.20. The molecule has 0 atom stereocenters. The smallest absolute Gasteiger partial charge is 0.225 e. The lowest BCUT2D eigenvalue weighted by atomic mass is 10.0. The second-order valence-electron chi connectivity index (χ2n) is 8.59. The molecule has 0 saturated carbocycles. The maximum Gasteiger partial charge on any atom is 0.225 e. The molecule has 9 heteroatoms. The largest absolute Gasteiger partial charge is 0.396 e. The Labute approximate surface area is 193 Å². The average Bonchev–Trinajstić information content (AvgIpc) is 3.36. The van der Waals surface area contributed by atoms with E-state index in [1.807, 2.05) is 6.92 Å². The first-order chi connectivity index (χ1) is 16.0. The Balaban J connectivity index is 1.72. The number of hydrogen-bond donors (Lipinski definition) is 2. The number of nitrogen functional groups attached to an aromatic ring is 1. The molecule has 4 N–H and O–H groups in total. The van der Waals surface area contributed by atoms with Crippen molar-refractivity contribution in [1.82, 2.24) is 14.9 Å². The molecule has 174 valence electrons. The molecule has 0 unspecified atom stereocenters. The normalized spacial score (nSPS) is 18.2. The Hall–Kier alpha value is -3.33. The van der Waals surface area contributed by atoms with Crippen molar-refractivity contribution in [2.45, 2.75) is 38.6 Å². The number of aliphatic imine (C=N–C) groups is 2. The summed E-state index contributed by atoms with van der Waals surface area (Å²) in [5, 5.41) is 0. The standard InChI is InChI=1S/C24H31FN8/c1-16(14-29-23(28-2)32-9-3-4-10-32)19-15-30-24(33-11-7-18(26)8-12-33)31-22(19)17-5-6-21(27)20(25)13-17/h5-6,13-15,18H,2-4,7-12,26-27H2,1H3/b16-14+,29-23+. The van der Waals surface area contributed by atoms with Crippen LogP contribution in [0.15, 0.2) is 40.6 Å². The summed E-state index contributed by atoms with van der Waals surface area (Å²) in [5.41, 5.74) is 14.7. The second kappa shape index (κ2) is 10.1. The maximum absolute atomic E-state index is 14.3. The van der Waals surface area contributed by atoms with E-state index in [0.29, 0.717) is 23.2 Å². The Morgan fingerprint density at radius 3 is 2.61 bits per heavy atom. The molecule has 0 radical (unpaired) electrons. The van der Waals surface area contributed by atoms with Crippen LogP contribution in [-0.2, 0) is 0 Å². The number of piperidine rings is 1. The van der Waals surface area contributed by atoms with E-state index in [1.165, 1.54) is 6.07 Å². The van der Waals surface area contributed by atoms with Crippen LogP contribution in [0.25, 0.3) is 16.8 Å². The lowest BCUT2D eigenvalue weighted by Crippen LogP contribution is -2.40. The summed E-state index contributed by atoms with van der Waals surface area (Å²) >= 11 is 0. The molecular formula is C24H31FN8. The van der Waals surface area contributed by atoms with Crippen molar-refractivity contribution in [3.63, 3.8) is 0 Å². The van der Waals surface area contributed by atoms with Gasteiger partial charge in [-0.15, -0.1) is 0 Å². The lowest BCUT2D eigenvalue weighted by Gasteiger charge is -2.30. The molecule has 33 heavy (non-hydrogen) atoms. The second-order valence-corrected chi connectivity index (χ2v) is 8.59. The van der Waals surface area contributed by atoms with E-state index in [2.05, 4.69) is 31.5 Å². The summed E-state index contributed by atoms with van der Waals surface area (Å²) in [5.74, 6) is 0.739. The molecule has 0 bridgehead atoms. The highest BCUT2D eigenvalue weighted by Gasteiger charge is 2.21. The lowest BCUT2D eigenvalue weighted by molar-refractivity contribution is 0.495. The van der Waals surface area contributed by atoms with Crippen molar-refractivity contribution in [3.8, 4) is 11.3 Å². The highest BCUT2D eigenvalue weighted by Crippen LogP contribution is 2.30. The van der Waals surface area contributed by atoms with Gasteiger partial charge in [-0.25, -0.2) is 24.3 Å². The number of likely N-dealkylation sites (tertiary alicyclic amines) is 1. The van der Waals surface area contributed by atoms with Gasteiger partial charge in [-0.05, 0) is 57.0 Å². The van der Waals surface area contributed by atoms with Gasteiger partial charge in [0, 0.05) is 55.7 Å². The predicted molar refractivity (Wildman–Crippen MR) is 133 cm³/mol. The van der Waals surface area contributed by atoms with Crippen LogP contribution < -0.4 is 16.4 Å². The number of nitrogens with zero attached hydrogens (tertiary/aromatic N) is 6. The van der Waals surface area contributed by atoms with Crippen molar-refractivity contribution in [1.29, 1.82) is 0 Å². The van der Waals surface area contributed by atoms with Gasteiger partial charge in [-0.3, -0.25) is 0 Å². The van der Waals surface area contributed by atoms with Crippen molar-refractivity contribution in [3.05, 3.63) is 42.0 Å². The molecular weight excluding hydrogens is 419 g/mol. The van der Waals surface area contributed by atoms with Crippen LogP contribution in [0.3, 0.4) is 0 Å². The number of benzene rings is 1. The van der Waals surface area contributed by atoms with Gasteiger partial charge in [0.2, 0.25) is 11.9 Å². The minimum absolute atomic E-state index is 0.101. The minimum Gasteiger partial charge on any atom is -0.396 e. The first kappa shape index (κ1) is 22.8. The first-order valence-electron chi connectivity index (χ1n) is 11.4. The van der Waals surface area contributed by atoms with Crippen molar-refractivity contribution < 1.29 is 4.39 Å². The van der Waals surface area contributed by atoms with Gasteiger partial charge in [-0.1, -0.05) is 6.07 Å². The van der Waals surface area contributed by atoms with Crippen LogP contribution in [-0.4, -0.2) is 59.8 Å². The number of hydrogen-bond acceptors (Lipinski definition) is 6. The molecule has 2 saturated heterocycles. The SMILES string of the molecule is C=N/C(=N\C=C(/C)c1cnc(N2CCC(N)CC2)nc1-c1ccc(N)c(F)c1)N1CCCC1. The average molecular weight is 451 g/mol. The molecule has 0 aliphatic carbocycles. The van der Waals surface area contributed by atoms with E-state index >= 15 is 0 Å². The van der Waals surface area contributed by atoms with Gasteiger partial charge in [0.25, 0.3) is 0 Å². The number of guanidine groups is 1. The molecule has 0 spiro atoms. The zero-order valence-electron chi connectivity index (χ0n) is 19.0. The van der Waals surface area contributed by atoms with Crippen molar-refractivity contribution in [2.75, 3.05) is 36.8 Å². The summed E-state index contributed by atoms with van der Waals surface area (Å²) in [6.45, 7) is 9.04. The fraction of sp³-hybridized carbons (Fsp3) is 0.417. The molecule has 2 aliphatic heterocycles. The Morgan fingerprint density at radius 2 is 1.94 bits per heavy atom. The fourth-order valence-electron chi connectivity index (χ4n) is 4.17. The molecule has 8 nitrogen and oxygen atoms in total. The number of anilines is 2. The number of halogens is 1. The van der Waals surface area contributed by atoms with Crippen molar-refractivity contribution >= 4 is 29.9 Å². The van der Waals surface area contributed by atoms with E-state index in [1.54, 1.807) is 24.5 Å². The Morgan fingerprint density at radius 1 is 1.21 bits per heavy atom. The maximum atomic E-state index is 14.3. The van der Waals surface area contributed by atoms with E-state index in [0.717, 1.165) is 63.0 Å². The number of aromatic nitrogens is 2. The molecule has 3 heterocycles. The summed E-state index contributed by atoms with van der Waals surface area (Å²) in [6.07, 6.45) is 7.55. The predicted octanol–water partition coefficient (Wildman–Crippen LogP) is 3.31. The minimum atomic E-state index is -0.477. The van der Waals surface area contributed by atoms with Gasteiger partial charge in [0.05, 0.1) is 11.4 Å². The van der Waals surface area contributed by atoms with E-state index < -0.39 is 5.82 Å². The topological polar surface area (TPSA) is 109 Å². The molecule has 2 aromatic rings. The third-order valence-corrected chi connectivity index (χ3v) is 6.20. The van der Waals surface area contributed by atoms with Crippen LogP contribution in [0.5, 0.6) is 0 Å². The summed E-state index contributed by atoms with van der Waals surface area (Å²) in [7, 11) is 0. The van der Waals surface area contributed by atoms with Gasteiger partial charge in [-0.2, -0.15) is 0 Å². The highest BCUT2D eigenvalue weighted by atomic mass is 19.1. The summed E-state index contributed by atoms with van der Waals surface area (Å²) < 4.78 is 14.3. The van der Waals surface area contributed by atoms with E-state index in [4.69, 9.17) is 16.5 Å². The molecule has 1 aromatic carbocycles. The summed E-state index contributed by atoms with van der Waals surface area (Å²) in [4.78, 5) is 22.4. The quantitative estimate of drug-likeness (QED) is 0.420. The summed E-state index contributed by atoms with van der Waals surface area (Å²) in [6, 6.07) is 4.95. The van der Waals surface area contributed by atoms with Gasteiger partial charge < -0.3 is 21.3 Å². The van der Waals surface area contributed by atoms with Gasteiger partial charge in [0.15, 0.2) is 0 Å². The fourth-order valence-corrected chi connectivity index (χ4v) is 4.17. The molecule has 4 rings (SSSR count). The van der Waals surface area contributed by atoms with E-state index in [-0.39, 0.29) is 11.7 Å². The van der Waals surface area contributed by atoms with Crippen LogP contribution >= 0.6 is 0 Å². The Bertz CT molecular complexity index is 1070. The number of allylic oxidation sites excluding steroid dienone is 1. The van der Waals surface area contributed by atoms with Gasteiger partial charge >= 0.3 is 0 Å². The first-order valence-corrected chi connectivity index (χ1v) is 11.4. The van der Waals surface area contributed by atoms with Gasteiger partial charge in [0.1, 0.15) is 5.82 Å². The zero-order valence-corrected chi connectivity index (χ0v) is 19.0. The molecule has 1 aromatic heterocycles. The van der Waals surface area contributed by atoms with Crippen LogP contribution in [0.2, 0.25) is 0 Å². The zero-order chi connectivity index (χ0) is 23.4. The molecule has 2 aliphatic rings. The van der Waals surface area contributed by atoms with Crippen LogP contribution in [0.4, 0.5) is 16.0 Å². The van der Waals surface area contributed by atoms with Crippen LogP contribution in [0.1, 0.15) is 38.2 Å². The number of rotatable bonds is 4. The third kappa shape index (κ3) is 5.19. The molecule has 2 fully saturated rings. The molecule has 0 amide bonds. The monoisotopic (exact) mass is 450 g/mol. The van der Waals surface area contributed by atoms with E-state index in [9.17, 15) is 4.39 Å². The van der Waals surface area contributed by atoms with Crippen molar-refractivity contribution in [2.24, 2.45) is 15.7 Å².